The van der Waals surface area contributed by atoms with Crippen molar-refractivity contribution < 1.29 is 14.0 Å². The van der Waals surface area contributed by atoms with Crippen LogP contribution < -0.4 is 0 Å². The van der Waals surface area contributed by atoms with Crippen LogP contribution in [0.1, 0.15) is 0 Å². The lowest BCUT2D eigenvalue weighted by molar-refractivity contribution is -0.864. The zero-order valence-electron chi connectivity index (χ0n) is 7.46. The Bertz CT molecular complexity index is 150. The fourth-order valence-electron chi connectivity index (χ4n) is 0.795. The van der Waals surface area contributed by atoms with E-state index in [-0.39, 0.29) is 0 Å². The van der Waals surface area contributed by atoms with Crippen LogP contribution in [0.2, 0.25) is 0 Å². The summed E-state index contributed by atoms with van der Waals surface area (Å²) in [6, 6.07) is 0. The molecule has 0 aliphatic carbocycles. The number of likely N-dealkylation sites (N-methyl/N-ethyl adjacent to an activating group) is 1. The average Bonchev–Trinajstić information content (AvgIpc) is 2.32. The van der Waals surface area contributed by atoms with Crippen molar-refractivity contribution >= 4 is 0 Å². The Morgan fingerprint density at radius 3 is 2.64 bits per heavy atom. The van der Waals surface area contributed by atoms with Gasteiger partial charge in [-0.3, -0.25) is 0 Å². The molecule has 0 radical (unpaired) electrons. The molecule has 0 aromatic rings. The predicted molar refractivity (Wildman–Crippen MR) is 42.9 cm³/mol. The summed E-state index contributed by atoms with van der Waals surface area (Å²) >= 11 is 0. The maximum absolute atomic E-state index is 5.18. The topological polar surface area (TPSA) is 18.5 Å². The maximum atomic E-state index is 5.18. The van der Waals surface area contributed by atoms with Crippen molar-refractivity contribution in [3.05, 3.63) is 11.8 Å². The summed E-state index contributed by atoms with van der Waals surface area (Å²) in [5.41, 5.74) is 0. The molecule has 3 heteroatoms. The monoisotopic (exact) mass is 158 g/mol. The van der Waals surface area contributed by atoms with Gasteiger partial charge in [-0.15, -0.1) is 0 Å². The summed E-state index contributed by atoms with van der Waals surface area (Å²) in [5, 5.41) is 0. The van der Waals surface area contributed by atoms with Gasteiger partial charge in [0.15, 0.2) is 6.79 Å². The van der Waals surface area contributed by atoms with Gasteiger partial charge in [0.2, 0.25) is 0 Å². The minimum atomic E-state index is 0.420. The summed E-state index contributed by atoms with van der Waals surface area (Å²) in [6.45, 7) is 2.04. The van der Waals surface area contributed by atoms with Crippen LogP contribution in [0.4, 0.5) is 0 Å². The van der Waals surface area contributed by atoms with Gasteiger partial charge in [0.1, 0.15) is 18.9 Å². The second-order valence-electron chi connectivity index (χ2n) is 3.75. The van der Waals surface area contributed by atoms with Gasteiger partial charge in [-0.2, -0.15) is 0 Å². The molecule has 1 rings (SSSR count). The van der Waals surface area contributed by atoms with Gasteiger partial charge in [-0.05, 0) is 0 Å². The first-order valence-electron chi connectivity index (χ1n) is 3.78. The molecule has 1 saturated heterocycles. The molecule has 0 aromatic heterocycles. The predicted octanol–water partition coefficient (Wildman–Crippen LogP) is 0.581. The lowest BCUT2D eigenvalue weighted by Gasteiger charge is -2.21. The fourth-order valence-corrected chi connectivity index (χ4v) is 0.795. The molecule has 3 nitrogen and oxygen atoms in total. The fraction of sp³-hybridized carbons (Fsp3) is 0.750. The molecule has 0 spiro atoms. The van der Waals surface area contributed by atoms with Crippen LogP contribution in [0.25, 0.3) is 0 Å². The Morgan fingerprint density at radius 1 is 1.45 bits per heavy atom. The van der Waals surface area contributed by atoms with Crippen molar-refractivity contribution in [3.63, 3.8) is 0 Å². The second kappa shape index (κ2) is 3.24. The van der Waals surface area contributed by atoms with Crippen LogP contribution in [0, 0.1) is 0 Å². The van der Waals surface area contributed by atoms with Crippen LogP contribution >= 0.6 is 0 Å². The van der Waals surface area contributed by atoms with Crippen molar-refractivity contribution in [1.29, 1.82) is 0 Å². The minimum absolute atomic E-state index is 0.420. The first-order valence-corrected chi connectivity index (χ1v) is 3.78. The third kappa shape index (κ3) is 3.39. The molecule has 0 N–H and O–H groups in total. The maximum Gasteiger partial charge on any atom is 0.189 e. The molecular formula is C8H16NO2+. The highest BCUT2D eigenvalue weighted by molar-refractivity contribution is 4.95. The molecule has 0 atom stereocenters. The summed E-state index contributed by atoms with van der Waals surface area (Å²) in [7, 11) is 6.44. The third-order valence-corrected chi connectivity index (χ3v) is 1.44. The minimum Gasteiger partial charge on any atom is -0.470 e. The van der Waals surface area contributed by atoms with Crippen LogP contribution in [-0.4, -0.2) is 45.6 Å². The van der Waals surface area contributed by atoms with Gasteiger partial charge in [-0.25, -0.2) is 0 Å². The molecule has 1 heterocycles. The van der Waals surface area contributed by atoms with Crippen LogP contribution in [0.5, 0.6) is 0 Å². The van der Waals surface area contributed by atoms with Crippen molar-refractivity contribution in [2.24, 2.45) is 0 Å². The Hall–Kier alpha value is -0.540. The molecule has 1 aliphatic heterocycles. The number of ether oxygens (including phenoxy) is 2. The highest BCUT2D eigenvalue weighted by atomic mass is 16.7. The van der Waals surface area contributed by atoms with E-state index in [2.05, 4.69) is 27.2 Å². The number of nitrogens with zero attached hydrogens (tertiary/aromatic N) is 1. The summed E-state index contributed by atoms with van der Waals surface area (Å²) in [4.78, 5) is 0. The normalized spacial score (nSPS) is 22.3. The van der Waals surface area contributed by atoms with E-state index >= 15 is 0 Å². The lowest BCUT2D eigenvalue weighted by atomic mass is 10.4. The van der Waals surface area contributed by atoms with Crippen LogP contribution in [0.3, 0.4) is 0 Å². The van der Waals surface area contributed by atoms with Gasteiger partial charge in [0.05, 0.1) is 21.1 Å². The highest BCUT2D eigenvalue weighted by Gasteiger charge is 2.10. The van der Waals surface area contributed by atoms with Crippen molar-refractivity contribution in [1.82, 2.24) is 0 Å². The summed E-state index contributed by atoms with van der Waals surface area (Å²) in [5.74, 6) is 0.970. The number of quaternary nitrogens is 1. The molecule has 1 fully saturated rings. The van der Waals surface area contributed by atoms with E-state index in [0.29, 0.717) is 13.4 Å². The molecule has 0 unspecified atom stereocenters. The molecule has 64 valence electrons. The highest BCUT2D eigenvalue weighted by Crippen LogP contribution is 2.07. The quantitative estimate of drug-likeness (QED) is 0.547. The van der Waals surface area contributed by atoms with E-state index in [9.17, 15) is 0 Å². The van der Waals surface area contributed by atoms with Gasteiger partial charge >= 0.3 is 0 Å². The van der Waals surface area contributed by atoms with E-state index in [4.69, 9.17) is 9.47 Å². The van der Waals surface area contributed by atoms with Gasteiger partial charge in [-0.1, -0.05) is 0 Å². The van der Waals surface area contributed by atoms with Gasteiger partial charge in [0.25, 0.3) is 0 Å². The van der Waals surface area contributed by atoms with Crippen molar-refractivity contribution in [3.8, 4) is 0 Å². The molecule has 0 aromatic carbocycles. The first-order chi connectivity index (χ1) is 5.08. The largest absolute Gasteiger partial charge is 0.470 e. The lowest BCUT2D eigenvalue weighted by Crippen LogP contribution is -2.34. The van der Waals surface area contributed by atoms with Crippen molar-refractivity contribution in [2.45, 2.75) is 0 Å². The smallest absolute Gasteiger partial charge is 0.189 e. The molecule has 11 heavy (non-hydrogen) atoms. The van der Waals surface area contributed by atoms with E-state index in [1.165, 1.54) is 0 Å². The molecule has 0 bridgehead atoms. The standard InChI is InChI=1S/C8H16NO2/c1-9(2,3)5-4-8-6-10-7-11-8/h4H,5-7H2,1-3H3/q+1. The molecule has 0 saturated carbocycles. The second-order valence-corrected chi connectivity index (χ2v) is 3.75. The van der Waals surface area contributed by atoms with Gasteiger partial charge in [0, 0.05) is 6.08 Å². The molecule has 1 aliphatic rings. The average molecular weight is 158 g/mol. The van der Waals surface area contributed by atoms with Gasteiger partial charge < -0.3 is 14.0 Å². The molecule has 0 amide bonds. The Balaban J connectivity index is 2.34. The third-order valence-electron chi connectivity index (χ3n) is 1.44. The van der Waals surface area contributed by atoms with E-state index in [1.54, 1.807) is 0 Å². The Labute approximate surface area is 67.8 Å². The zero-order valence-corrected chi connectivity index (χ0v) is 7.46. The number of hydrogen-bond donors (Lipinski definition) is 0. The Kier molecular flexibility index (Phi) is 2.52. The van der Waals surface area contributed by atoms with E-state index in [1.807, 2.05) is 0 Å². The van der Waals surface area contributed by atoms with Crippen LogP contribution in [-0.2, 0) is 9.47 Å². The summed E-state index contributed by atoms with van der Waals surface area (Å²) < 4.78 is 11.1. The first kappa shape index (κ1) is 8.56. The number of hydrogen-bond acceptors (Lipinski definition) is 2. The number of rotatable bonds is 2. The van der Waals surface area contributed by atoms with E-state index < -0.39 is 0 Å². The molecular weight excluding hydrogens is 142 g/mol. The Morgan fingerprint density at radius 2 is 2.18 bits per heavy atom. The SMILES string of the molecule is C[N+](C)(C)CC=C1COCO1. The van der Waals surface area contributed by atoms with E-state index in [0.717, 1.165) is 16.8 Å². The summed E-state index contributed by atoms with van der Waals surface area (Å²) in [6.07, 6.45) is 2.09. The van der Waals surface area contributed by atoms with Crippen LogP contribution in [0.15, 0.2) is 11.8 Å². The zero-order chi connectivity index (χ0) is 8.32. The van der Waals surface area contributed by atoms with Crippen molar-refractivity contribution in [2.75, 3.05) is 41.1 Å².